The van der Waals surface area contributed by atoms with Gasteiger partial charge in [-0.3, -0.25) is 0 Å². The van der Waals surface area contributed by atoms with Gasteiger partial charge in [-0.1, -0.05) is 83.8 Å². The lowest BCUT2D eigenvalue weighted by atomic mass is 10.5. The number of rotatable bonds is 7. The van der Waals surface area contributed by atoms with Gasteiger partial charge in [0.05, 0.1) is 6.17 Å². The fourth-order valence-electron chi connectivity index (χ4n) is 4.04. The van der Waals surface area contributed by atoms with Gasteiger partial charge in [0.2, 0.25) is 0 Å². The molecule has 0 rings (SSSR count). The van der Waals surface area contributed by atoms with Gasteiger partial charge in [0.25, 0.3) is 0 Å². The van der Waals surface area contributed by atoms with Gasteiger partial charge in [-0.25, -0.2) is 0 Å². The molecule has 0 bridgehead atoms. The first-order valence-electron chi connectivity index (χ1n) is 8.55. The Bertz CT molecular complexity index is 336. The van der Waals surface area contributed by atoms with Crippen LogP contribution in [0.4, 0.5) is 0 Å². The van der Waals surface area contributed by atoms with Crippen LogP contribution in [0.15, 0.2) is 11.8 Å². The SMILES string of the molecule is C=C([SiH3])C(N([Si](C)(C)C)[Si](C)(C)C)N([Si](C)(C)C)[Si](C)(C)C. The van der Waals surface area contributed by atoms with Crippen LogP contribution in [0.2, 0.25) is 78.6 Å². The van der Waals surface area contributed by atoms with E-state index < -0.39 is 32.9 Å². The molecule has 0 saturated carbocycles. The maximum absolute atomic E-state index is 4.52. The summed E-state index contributed by atoms with van der Waals surface area (Å²) >= 11 is 0. The Balaban J connectivity index is 6.35. The van der Waals surface area contributed by atoms with E-state index in [9.17, 15) is 0 Å². The Morgan fingerprint density at radius 1 is 0.636 bits per heavy atom. The normalized spacial score (nSPS) is 15.2. The largest absolute Gasteiger partial charge is 0.329 e. The van der Waals surface area contributed by atoms with Gasteiger partial charge >= 0.3 is 0 Å². The Morgan fingerprint density at radius 2 is 0.818 bits per heavy atom. The maximum atomic E-state index is 4.52. The van der Waals surface area contributed by atoms with Crippen molar-refractivity contribution in [3.63, 3.8) is 0 Å². The van der Waals surface area contributed by atoms with Crippen molar-refractivity contribution in [3.8, 4) is 0 Å². The third-order valence-electron chi connectivity index (χ3n) is 3.82. The molecule has 0 aromatic heterocycles. The minimum atomic E-state index is -1.41. The Morgan fingerprint density at radius 3 is 0.909 bits per heavy atom. The Labute approximate surface area is 148 Å². The maximum Gasteiger partial charge on any atom is 0.113 e. The van der Waals surface area contributed by atoms with Crippen molar-refractivity contribution in [1.82, 2.24) is 8.46 Å². The second kappa shape index (κ2) is 6.93. The summed E-state index contributed by atoms with van der Waals surface area (Å²) in [5.74, 6) is 0. The smallest absolute Gasteiger partial charge is 0.113 e. The highest BCUT2D eigenvalue weighted by Gasteiger charge is 2.47. The minimum absolute atomic E-state index is 0.503. The third kappa shape index (κ3) is 5.99. The van der Waals surface area contributed by atoms with Crippen LogP contribution in [0.25, 0.3) is 0 Å². The molecular formula is C15H42N2Si5. The second-order valence-corrected chi connectivity index (χ2v) is 32.1. The molecule has 22 heavy (non-hydrogen) atoms. The molecule has 0 amide bonds. The van der Waals surface area contributed by atoms with E-state index in [1.807, 2.05) is 0 Å². The number of hydrogen-bond acceptors (Lipinski definition) is 2. The molecule has 132 valence electrons. The van der Waals surface area contributed by atoms with Crippen LogP contribution in [0.5, 0.6) is 0 Å². The Hall–Kier alpha value is 0.744. The molecule has 2 nitrogen and oxygen atoms in total. The summed E-state index contributed by atoms with van der Waals surface area (Å²) in [6, 6.07) is 0. The van der Waals surface area contributed by atoms with E-state index >= 15 is 0 Å². The van der Waals surface area contributed by atoms with Crippen molar-refractivity contribution < 1.29 is 0 Å². The predicted octanol–water partition coefficient (Wildman–Crippen LogP) is 4.14. The van der Waals surface area contributed by atoms with Gasteiger partial charge < -0.3 is 8.46 Å². The van der Waals surface area contributed by atoms with Crippen LogP contribution < -0.4 is 0 Å². The zero-order valence-electron chi connectivity index (χ0n) is 17.7. The summed E-state index contributed by atoms with van der Waals surface area (Å²) in [5, 5.41) is 1.48. The van der Waals surface area contributed by atoms with Crippen molar-refractivity contribution >= 4 is 43.2 Å². The summed E-state index contributed by atoms with van der Waals surface area (Å²) < 4.78 is 5.98. The van der Waals surface area contributed by atoms with Crippen molar-refractivity contribution in [1.29, 1.82) is 0 Å². The molecule has 0 N–H and O–H groups in total. The molecule has 0 aliphatic carbocycles. The second-order valence-electron chi connectivity index (χ2n) is 10.6. The van der Waals surface area contributed by atoms with Gasteiger partial charge in [0, 0.05) is 10.2 Å². The van der Waals surface area contributed by atoms with Gasteiger partial charge in [-0.2, -0.15) is 0 Å². The monoisotopic (exact) mass is 390 g/mol. The highest BCUT2D eigenvalue weighted by molar-refractivity contribution is 6.92. The average molecular weight is 391 g/mol. The van der Waals surface area contributed by atoms with Crippen molar-refractivity contribution in [2.75, 3.05) is 0 Å². The molecule has 7 heteroatoms. The van der Waals surface area contributed by atoms with E-state index in [0.717, 1.165) is 10.2 Å². The van der Waals surface area contributed by atoms with E-state index in [1.54, 1.807) is 0 Å². The summed E-state index contributed by atoms with van der Waals surface area (Å²) in [6.07, 6.45) is 0.503. The van der Waals surface area contributed by atoms with Crippen LogP contribution in [0.1, 0.15) is 0 Å². The lowest BCUT2D eigenvalue weighted by Crippen LogP contribution is -2.74. The minimum Gasteiger partial charge on any atom is -0.329 e. The van der Waals surface area contributed by atoms with E-state index in [-0.39, 0.29) is 0 Å². The van der Waals surface area contributed by atoms with E-state index in [4.69, 9.17) is 0 Å². The quantitative estimate of drug-likeness (QED) is 0.476. The Kier molecular flexibility index (Phi) is 7.17. The topological polar surface area (TPSA) is 6.48 Å². The highest BCUT2D eigenvalue weighted by atomic mass is 28.4. The van der Waals surface area contributed by atoms with E-state index in [0.29, 0.717) is 6.17 Å². The van der Waals surface area contributed by atoms with E-state index in [1.165, 1.54) is 5.20 Å². The first-order chi connectivity index (χ1) is 9.31. The summed E-state index contributed by atoms with van der Waals surface area (Å²) in [5.41, 5.74) is 0. The lowest BCUT2D eigenvalue weighted by molar-refractivity contribution is 0.362. The molecule has 0 heterocycles. The van der Waals surface area contributed by atoms with Gasteiger partial charge in [-0.15, -0.1) is 6.58 Å². The summed E-state index contributed by atoms with van der Waals surface area (Å²) in [7, 11) is -4.54. The molecule has 0 aliphatic rings. The van der Waals surface area contributed by atoms with E-state index in [2.05, 4.69) is 93.6 Å². The number of nitrogens with zero attached hydrogens (tertiary/aromatic N) is 2. The first-order valence-corrected chi connectivity index (χ1v) is 23.3. The molecule has 0 aromatic rings. The van der Waals surface area contributed by atoms with Crippen molar-refractivity contribution in [2.45, 2.75) is 84.7 Å². The predicted molar refractivity (Wildman–Crippen MR) is 120 cm³/mol. The lowest BCUT2D eigenvalue weighted by Gasteiger charge is -2.59. The van der Waals surface area contributed by atoms with Crippen LogP contribution in [-0.2, 0) is 0 Å². The standard InChI is InChI=1S/C15H42N2Si5/c1-14(18)15(16(19(2,3)4)20(5,6)7)17(21(8,9)10)22(11,12)13/h15H,1H2,2-13,18H3. The molecular weight excluding hydrogens is 349 g/mol. The molecule has 0 unspecified atom stereocenters. The summed E-state index contributed by atoms with van der Waals surface area (Å²) in [4.78, 5) is 0. The molecule has 0 aliphatic heterocycles. The molecule has 0 radical (unpaired) electrons. The summed E-state index contributed by atoms with van der Waals surface area (Å²) in [6.45, 7) is 34.8. The molecule has 0 aromatic carbocycles. The van der Waals surface area contributed by atoms with Crippen LogP contribution in [0.3, 0.4) is 0 Å². The first kappa shape index (κ1) is 22.7. The van der Waals surface area contributed by atoms with Crippen LogP contribution in [-0.4, -0.2) is 57.8 Å². The zero-order chi connectivity index (χ0) is 18.3. The molecule has 0 fully saturated rings. The van der Waals surface area contributed by atoms with Gasteiger partial charge in [-0.05, 0) is 0 Å². The fourth-order valence-corrected chi connectivity index (χ4v) is 26.4. The highest BCUT2D eigenvalue weighted by Crippen LogP contribution is 2.33. The van der Waals surface area contributed by atoms with Crippen LogP contribution in [0, 0.1) is 0 Å². The van der Waals surface area contributed by atoms with Gasteiger partial charge in [0.1, 0.15) is 32.9 Å². The van der Waals surface area contributed by atoms with Crippen molar-refractivity contribution in [3.05, 3.63) is 11.8 Å². The van der Waals surface area contributed by atoms with Crippen LogP contribution >= 0.6 is 0 Å². The fraction of sp³-hybridized carbons (Fsp3) is 0.867. The number of hydrogen-bond donors (Lipinski definition) is 0. The average Bonchev–Trinajstić information content (AvgIpc) is 2.06. The van der Waals surface area contributed by atoms with Crippen molar-refractivity contribution in [2.24, 2.45) is 0 Å². The molecule has 0 saturated heterocycles. The van der Waals surface area contributed by atoms with Gasteiger partial charge in [0.15, 0.2) is 0 Å². The zero-order valence-corrected chi connectivity index (χ0v) is 23.7. The third-order valence-corrected chi connectivity index (χ3v) is 19.1. The molecule has 0 atom stereocenters. The molecule has 0 spiro atoms.